The van der Waals surface area contributed by atoms with Crippen LogP contribution >= 0.6 is 11.8 Å². The summed E-state index contributed by atoms with van der Waals surface area (Å²) in [6.45, 7) is 0.578. The van der Waals surface area contributed by atoms with Gasteiger partial charge < -0.3 is 20.5 Å². The average Bonchev–Trinajstić information content (AvgIpc) is 3.15. The van der Waals surface area contributed by atoms with Crippen molar-refractivity contribution in [2.75, 3.05) is 24.7 Å². The number of thioether (sulfide) groups is 1. The molecule has 0 bridgehead atoms. The molecule has 3 N–H and O–H groups in total. The minimum Gasteiger partial charge on any atom is -0.481 e. The monoisotopic (exact) mass is 468 g/mol. The Morgan fingerprint density at radius 1 is 1.06 bits per heavy atom. The van der Waals surface area contributed by atoms with Crippen LogP contribution in [0.25, 0.3) is 11.1 Å². The first-order chi connectivity index (χ1) is 16.0. The number of hydrogen-bond donors (Lipinski definition) is 3. The van der Waals surface area contributed by atoms with Gasteiger partial charge in [0.1, 0.15) is 12.6 Å². The molecule has 8 heteroatoms. The van der Waals surface area contributed by atoms with Crippen LogP contribution < -0.4 is 10.6 Å². The van der Waals surface area contributed by atoms with Gasteiger partial charge in [-0.15, -0.1) is 0 Å². The molecule has 2 aliphatic rings. The van der Waals surface area contributed by atoms with Gasteiger partial charge in [0.15, 0.2) is 0 Å². The smallest absolute Gasteiger partial charge is 0.407 e. The van der Waals surface area contributed by atoms with Gasteiger partial charge in [-0.2, -0.15) is 11.8 Å². The molecule has 33 heavy (non-hydrogen) atoms. The molecule has 0 aromatic heterocycles. The van der Waals surface area contributed by atoms with Crippen molar-refractivity contribution < 1.29 is 24.2 Å². The maximum Gasteiger partial charge on any atom is 0.407 e. The zero-order valence-corrected chi connectivity index (χ0v) is 19.1. The fourth-order valence-corrected chi connectivity index (χ4v) is 5.66. The van der Waals surface area contributed by atoms with E-state index in [1.807, 2.05) is 60.3 Å². The van der Waals surface area contributed by atoms with Crippen LogP contribution in [0.2, 0.25) is 0 Å². The minimum absolute atomic E-state index is 0.0978. The first-order valence-electron chi connectivity index (χ1n) is 11.2. The van der Waals surface area contributed by atoms with Crippen LogP contribution in [0, 0.1) is 5.92 Å². The number of ether oxygens (including phenoxy) is 1. The Labute approximate surface area is 197 Å². The van der Waals surface area contributed by atoms with E-state index in [1.165, 1.54) is 0 Å². The number of alkyl carbamates (subject to hydrolysis) is 1. The van der Waals surface area contributed by atoms with E-state index < -0.39 is 30.4 Å². The molecule has 0 spiro atoms. The van der Waals surface area contributed by atoms with Gasteiger partial charge in [-0.25, -0.2) is 4.79 Å². The lowest BCUT2D eigenvalue weighted by molar-refractivity contribution is -0.139. The van der Waals surface area contributed by atoms with Gasteiger partial charge in [-0.05, 0) is 52.5 Å². The molecule has 0 saturated carbocycles. The van der Waals surface area contributed by atoms with Crippen LogP contribution in [-0.2, 0) is 14.3 Å². The number of carboxylic acids is 1. The Bertz CT molecular complexity index is 976. The summed E-state index contributed by atoms with van der Waals surface area (Å²) < 4.78 is 5.47. The first-order valence-corrected chi connectivity index (χ1v) is 12.4. The van der Waals surface area contributed by atoms with E-state index in [-0.39, 0.29) is 12.5 Å². The molecular weight excluding hydrogens is 440 g/mol. The molecular formula is C25H28N2O5S. The lowest BCUT2D eigenvalue weighted by Gasteiger charge is -2.23. The summed E-state index contributed by atoms with van der Waals surface area (Å²) in [5.74, 6) is 0.703. The molecule has 1 saturated heterocycles. The highest BCUT2D eigenvalue weighted by Gasteiger charge is 2.30. The average molecular weight is 469 g/mol. The van der Waals surface area contributed by atoms with Crippen LogP contribution in [-0.4, -0.2) is 53.8 Å². The number of nitrogens with one attached hydrogen (secondary N) is 2. The predicted octanol–water partition coefficient (Wildman–Crippen LogP) is 3.63. The summed E-state index contributed by atoms with van der Waals surface area (Å²) in [4.78, 5) is 36.4. The van der Waals surface area contributed by atoms with Gasteiger partial charge in [0, 0.05) is 12.5 Å². The largest absolute Gasteiger partial charge is 0.481 e. The van der Waals surface area contributed by atoms with E-state index in [2.05, 4.69) is 10.6 Å². The quantitative estimate of drug-likeness (QED) is 0.547. The standard InChI is InChI=1S/C25H28N2O5S/c28-23(29)12-22(24(30)26-13-16-6-5-11-33-15-16)27-25(31)32-14-21-19-9-3-1-7-17(19)18-8-2-4-10-20(18)21/h1-4,7-10,16,21-22H,5-6,11-15H2,(H,26,30)(H,27,31)(H,28,29). The Morgan fingerprint density at radius 3 is 2.33 bits per heavy atom. The second kappa shape index (κ2) is 10.7. The zero-order valence-electron chi connectivity index (χ0n) is 18.3. The molecule has 4 rings (SSSR count). The lowest BCUT2D eigenvalue weighted by atomic mass is 9.98. The number of carbonyl (C=O) groups excluding carboxylic acids is 2. The number of hydrogen-bond acceptors (Lipinski definition) is 5. The third-order valence-corrected chi connectivity index (χ3v) is 7.44. The second-order valence-electron chi connectivity index (χ2n) is 8.45. The fourth-order valence-electron chi connectivity index (χ4n) is 4.50. The molecule has 174 valence electrons. The molecule has 1 aliphatic heterocycles. The molecule has 2 atom stereocenters. The van der Waals surface area contributed by atoms with E-state index in [0.717, 1.165) is 46.6 Å². The summed E-state index contributed by atoms with van der Waals surface area (Å²) in [6.07, 6.45) is 0.847. The molecule has 2 aromatic rings. The van der Waals surface area contributed by atoms with Crippen LogP contribution in [0.1, 0.15) is 36.3 Å². The number of carbonyl (C=O) groups is 3. The molecule has 2 aromatic carbocycles. The number of aliphatic carboxylic acids is 1. The predicted molar refractivity (Wildman–Crippen MR) is 127 cm³/mol. The van der Waals surface area contributed by atoms with E-state index in [1.54, 1.807) is 0 Å². The molecule has 1 fully saturated rings. The van der Waals surface area contributed by atoms with Gasteiger partial charge in [0.2, 0.25) is 5.91 Å². The number of fused-ring (bicyclic) bond motifs is 3. The van der Waals surface area contributed by atoms with Crippen molar-refractivity contribution in [3.05, 3.63) is 59.7 Å². The summed E-state index contributed by atoms with van der Waals surface area (Å²) in [7, 11) is 0. The molecule has 0 radical (unpaired) electrons. The molecule has 1 heterocycles. The van der Waals surface area contributed by atoms with E-state index in [9.17, 15) is 19.5 Å². The molecule has 2 unspecified atom stereocenters. The van der Waals surface area contributed by atoms with Crippen LogP contribution in [0.3, 0.4) is 0 Å². The number of amides is 2. The van der Waals surface area contributed by atoms with Crippen molar-refractivity contribution in [1.29, 1.82) is 0 Å². The Kier molecular flexibility index (Phi) is 7.54. The van der Waals surface area contributed by atoms with Crippen LogP contribution in [0.4, 0.5) is 4.79 Å². The van der Waals surface area contributed by atoms with Gasteiger partial charge >= 0.3 is 12.1 Å². The second-order valence-corrected chi connectivity index (χ2v) is 9.60. The Morgan fingerprint density at radius 2 is 1.73 bits per heavy atom. The van der Waals surface area contributed by atoms with Gasteiger partial charge in [0.25, 0.3) is 0 Å². The van der Waals surface area contributed by atoms with Gasteiger partial charge in [0.05, 0.1) is 6.42 Å². The van der Waals surface area contributed by atoms with E-state index in [0.29, 0.717) is 12.5 Å². The lowest BCUT2D eigenvalue weighted by Crippen LogP contribution is -2.49. The normalized spacial score (nSPS) is 18.0. The highest BCUT2D eigenvalue weighted by molar-refractivity contribution is 7.99. The summed E-state index contributed by atoms with van der Waals surface area (Å²) in [6, 6.07) is 14.8. The minimum atomic E-state index is -1.19. The van der Waals surface area contributed by atoms with Crippen molar-refractivity contribution in [3.8, 4) is 11.1 Å². The van der Waals surface area contributed by atoms with E-state index >= 15 is 0 Å². The highest BCUT2D eigenvalue weighted by atomic mass is 32.2. The summed E-state index contributed by atoms with van der Waals surface area (Å²) >= 11 is 1.86. The van der Waals surface area contributed by atoms with Crippen LogP contribution in [0.15, 0.2) is 48.5 Å². The molecule has 7 nitrogen and oxygen atoms in total. The number of benzene rings is 2. The number of rotatable bonds is 8. The summed E-state index contributed by atoms with van der Waals surface area (Å²) in [5.41, 5.74) is 4.39. The van der Waals surface area contributed by atoms with Crippen molar-refractivity contribution >= 4 is 29.7 Å². The zero-order chi connectivity index (χ0) is 23.2. The van der Waals surface area contributed by atoms with Crippen molar-refractivity contribution in [2.24, 2.45) is 5.92 Å². The SMILES string of the molecule is O=C(O)CC(NC(=O)OCC1c2ccccc2-c2ccccc21)C(=O)NCC1CCCSC1. The fraction of sp³-hybridized carbons (Fsp3) is 0.400. The first kappa shape index (κ1) is 23.2. The number of carboxylic acid groups (broad SMARTS) is 1. The maximum absolute atomic E-state index is 12.6. The molecule has 2 amide bonds. The van der Waals surface area contributed by atoms with Crippen molar-refractivity contribution in [3.63, 3.8) is 0 Å². The third-order valence-electron chi connectivity index (χ3n) is 6.15. The van der Waals surface area contributed by atoms with Crippen LogP contribution in [0.5, 0.6) is 0 Å². The van der Waals surface area contributed by atoms with E-state index in [4.69, 9.17) is 4.74 Å². The third kappa shape index (κ3) is 5.68. The van der Waals surface area contributed by atoms with Crippen molar-refractivity contribution in [1.82, 2.24) is 10.6 Å². The van der Waals surface area contributed by atoms with Gasteiger partial charge in [-0.1, -0.05) is 48.5 Å². The van der Waals surface area contributed by atoms with Crippen molar-refractivity contribution in [2.45, 2.75) is 31.2 Å². The Balaban J connectivity index is 1.35. The Hall–Kier alpha value is -3.00. The topological polar surface area (TPSA) is 105 Å². The van der Waals surface area contributed by atoms with Gasteiger partial charge in [-0.3, -0.25) is 9.59 Å². The highest BCUT2D eigenvalue weighted by Crippen LogP contribution is 2.44. The maximum atomic E-state index is 12.6. The summed E-state index contributed by atoms with van der Waals surface area (Å²) in [5, 5.41) is 14.5. The molecule has 1 aliphatic carbocycles.